The fourth-order valence-corrected chi connectivity index (χ4v) is 2.82. The van der Waals surface area contributed by atoms with Crippen molar-refractivity contribution in [2.24, 2.45) is 5.92 Å². The van der Waals surface area contributed by atoms with Crippen molar-refractivity contribution in [3.05, 3.63) is 59.7 Å². The van der Waals surface area contributed by atoms with Crippen molar-refractivity contribution in [2.75, 3.05) is 25.5 Å². The summed E-state index contributed by atoms with van der Waals surface area (Å²) in [5, 5.41) is 6.07. The maximum atomic E-state index is 12.7. The van der Waals surface area contributed by atoms with Crippen LogP contribution in [0.3, 0.4) is 0 Å². The molecular weight excluding hydrogens is 304 g/mol. The highest BCUT2D eigenvalue weighted by Crippen LogP contribution is 2.26. The Kier molecular flexibility index (Phi) is 4.79. The third kappa shape index (κ3) is 3.40. The van der Waals surface area contributed by atoms with Crippen LogP contribution < -0.4 is 15.4 Å². The molecule has 5 heteroatoms. The smallest absolute Gasteiger partial charge is 0.224 e. The van der Waals surface area contributed by atoms with E-state index in [9.17, 15) is 9.59 Å². The van der Waals surface area contributed by atoms with Crippen molar-refractivity contribution in [3.8, 4) is 5.75 Å². The van der Waals surface area contributed by atoms with Gasteiger partial charge in [0.25, 0.3) is 0 Å². The molecule has 1 aliphatic heterocycles. The molecule has 0 spiro atoms. The Morgan fingerprint density at radius 3 is 2.71 bits per heavy atom. The molecule has 124 valence electrons. The minimum absolute atomic E-state index is 0.0274. The average molecular weight is 324 g/mol. The molecule has 1 amide bonds. The predicted molar refractivity (Wildman–Crippen MR) is 92.5 cm³/mol. The van der Waals surface area contributed by atoms with Crippen molar-refractivity contribution in [2.45, 2.75) is 6.42 Å². The van der Waals surface area contributed by atoms with Crippen molar-refractivity contribution >= 4 is 17.4 Å². The first kappa shape index (κ1) is 16.1. The number of carbonyl (C=O) groups excluding carboxylic acids is 2. The van der Waals surface area contributed by atoms with Crippen LogP contribution in [0.2, 0.25) is 0 Å². The molecule has 0 bridgehead atoms. The summed E-state index contributed by atoms with van der Waals surface area (Å²) in [6.45, 7) is 1.28. The van der Waals surface area contributed by atoms with Crippen LogP contribution in [0.5, 0.6) is 5.75 Å². The van der Waals surface area contributed by atoms with E-state index >= 15 is 0 Å². The normalized spacial score (nSPS) is 16.5. The summed E-state index contributed by atoms with van der Waals surface area (Å²) in [5.74, 6) is 0.500. The van der Waals surface area contributed by atoms with E-state index in [1.54, 1.807) is 31.4 Å². The van der Waals surface area contributed by atoms with E-state index in [1.165, 1.54) is 0 Å². The van der Waals surface area contributed by atoms with Crippen LogP contribution in [0, 0.1) is 5.92 Å². The van der Waals surface area contributed by atoms with Gasteiger partial charge in [-0.3, -0.25) is 9.59 Å². The average Bonchev–Trinajstić information content (AvgIpc) is 3.05. The van der Waals surface area contributed by atoms with Gasteiger partial charge in [0.15, 0.2) is 5.78 Å². The minimum Gasteiger partial charge on any atom is -0.496 e. The highest BCUT2D eigenvalue weighted by molar-refractivity contribution is 6.11. The largest absolute Gasteiger partial charge is 0.496 e. The van der Waals surface area contributed by atoms with Gasteiger partial charge >= 0.3 is 0 Å². The molecule has 0 radical (unpaired) electrons. The highest BCUT2D eigenvalue weighted by Gasteiger charge is 2.23. The molecule has 24 heavy (non-hydrogen) atoms. The second-order valence-electron chi connectivity index (χ2n) is 5.77. The topological polar surface area (TPSA) is 67.4 Å². The Morgan fingerprint density at radius 1 is 1.25 bits per heavy atom. The Hall–Kier alpha value is -2.82. The van der Waals surface area contributed by atoms with Crippen LogP contribution in [-0.2, 0) is 4.79 Å². The molecule has 2 aromatic carbocycles. The van der Waals surface area contributed by atoms with Gasteiger partial charge in [-0.05, 0) is 24.6 Å². The van der Waals surface area contributed by atoms with Crippen LogP contribution in [0.15, 0.2) is 48.5 Å². The van der Waals surface area contributed by atoms with Gasteiger partial charge in [-0.1, -0.05) is 30.3 Å². The Bertz CT molecular complexity index is 744. The number of hydrogen-bond donors (Lipinski definition) is 2. The van der Waals surface area contributed by atoms with Crippen LogP contribution in [-0.4, -0.2) is 31.9 Å². The number of benzene rings is 2. The fraction of sp³-hybridized carbons (Fsp3) is 0.263. The molecular formula is C19H20N2O3. The second kappa shape index (κ2) is 7.17. The van der Waals surface area contributed by atoms with E-state index in [4.69, 9.17) is 4.74 Å². The van der Waals surface area contributed by atoms with Gasteiger partial charge in [-0.15, -0.1) is 0 Å². The van der Waals surface area contributed by atoms with Gasteiger partial charge < -0.3 is 15.4 Å². The number of ether oxygens (including phenoxy) is 1. The zero-order valence-corrected chi connectivity index (χ0v) is 13.5. The van der Waals surface area contributed by atoms with E-state index < -0.39 is 0 Å². The van der Waals surface area contributed by atoms with E-state index in [-0.39, 0.29) is 17.6 Å². The molecule has 3 rings (SSSR count). The molecule has 1 atom stereocenters. The van der Waals surface area contributed by atoms with Gasteiger partial charge in [0.05, 0.1) is 18.6 Å². The minimum atomic E-state index is -0.0882. The lowest BCUT2D eigenvalue weighted by atomic mass is 10.0. The zero-order valence-electron chi connectivity index (χ0n) is 13.5. The fourth-order valence-electron chi connectivity index (χ4n) is 2.82. The predicted octanol–water partition coefficient (Wildman–Crippen LogP) is 2.47. The molecule has 1 saturated heterocycles. The molecule has 1 fully saturated rings. The number of anilines is 1. The first-order valence-electron chi connectivity index (χ1n) is 7.98. The van der Waals surface area contributed by atoms with Gasteiger partial charge in [-0.25, -0.2) is 0 Å². The molecule has 0 aliphatic carbocycles. The zero-order chi connectivity index (χ0) is 16.9. The van der Waals surface area contributed by atoms with E-state index in [2.05, 4.69) is 10.6 Å². The molecule has 0 saturated carbocycles. The van der Waals surface area contributed by atoms with E-state index in [1.807, 2.05) is 24.3 Å². The summed E-state index contributed by atoms with van der Waals surface area (Å²) in [7, 11) is 1.55. The van der Waals surface area contributed by atoms with Crippen LogP contribution in [0.1, 0.15) is 22.3 Å². The van der Waals surface area contributed by atoms with Crippen molar-refractivity contribution in [1.82, 2.24) is 5.32 Å². The monoisotopic (exact) mass is 324 g/mol. The second-order valence-corrected chi connectivity index (χ2v) is 5.77. The quantitative estimate of drug-likeness (QED) is 0.801. The van der Waals surface area contributed by atoms with Gasteiger partial charge in [0.2, 0.25) is 5.91 Å². The van der Waals surface area contributed by atoms with Crippen LogP contribution in [0.25, 0.3) is 0 Å². The lowest BCUT2D eigenvalue weighted by Crippen LogP contribution is -2.24. The van der Waals surface area contributed by atoms with E-state index in [0.717, 1.165) is 18.7 Å². The number of nitrogens with one attached hydrogen (secondary N) is 2. The van der Waals surface area contributed by atoms with Crippen molar-refractivity contribution in [1.29, 1.82) is 0 Å². The number of carbonyl (C=O) groups is 2. The summed E-state index contributed by atoms with van der Waals surface area (Å²) in [6, 6.07) is 14.5. The van der Waals surface area contributed by atoms with Gasteiger partial charge in [0, 0.05) is 24.3 Å². The first-order valence-corrected chi connectivity index (χ1v) is 7.98. The summed E-state index contributed by atoms with van der Waals surface area (Å²) < 4.78 is 5.33. The van der Waals surface area contributed by atoms with Gasteiger partial charge in [-0.2, -0.15) is 0 Å². The number of ketones is 1. The lowest BCUT2D eigenvalue weighted by Gasteiger charge is -2.13. The molecule has 1 heterocycles. The SMILES string of the molecule is COc1ccc(NCC2CCNC2=O)cc1C(=O)c1ccccc1. The van der Waals surface area contributed by atoms with Crippen LogP contribution in [0.4, 0.5) is 5.69 Å². The summed E-state index contributed by atoms with van der Waals surface area (Å²) >= 11 is 0. The van der Waals surface area contributed by atoms with E-state index in [0.29, 0.717) is 23.4 Å². The number of hydrogen-bond acceptors (Lipinski definition) is 4. The summed E-state index contributed by atoms with van der Waals surface area (Å²) in [4.78, 5) is 24.3. The highest BCUT2D eigenvalue weighted by atomic mass is 16.5. The number of amides is 1. The van der Waals surface area contributed by atoms with Crippen molar-refractivity contribution < 1.29 is 14.3 Å². The van der Waals surface area contributed by atoms with Gasteiger partial charge in [0.1, 0.15) is 5.75 Å². The first-order chi connectivity index (χ1) is 11.7. The van der Waals surface area contributed by atoms with Crippen molar-refractivity contribution in [3.63, 3.8) is 0 Å². The molecule has 1 aliphatic rings. The maximum Gasteiger partial charge on any atom is 0.224 e. The number of methoxy groups -OCH3 is 1. The lowest BCUT2D eigenvalue weighted by molar-refractivity contribution is -0.122. The van der Waals surface area contributed by atoms with Crippen LogP contribution >= 0.6 is 0 Å². The molecule has 2 aromatic rings. The molecule has 2 N–H and O–H groups in total. The maximum absolute atomic E-state index is 12.7. The number of rotatable bonds is 6. The molecule has 5 nitrogen and oxygen atoms in total. The Balaban J connectivity index is 1.80. The summed E-state index contributed by atoms with van der Waals surface area (Å²) in [6.07, 6.45) is 0.831. The standard InChI is InChI=1S/C19H20N2O3/c1-24-17-8-7-15(21-12-14-9-10-20-19(14)23)11-16(17)18(22)13-5-3-2-4-6-13/h2-8,11,14,21H,9-10,12H2,1H3,(H,20,23). The summed E-state index contributed by atoms with van der Waals surface area (Å²) in [5.41, 5.74) is 1.92. The molecule has 1 unspecified atom stereocenters. The third-order valence-corrected chi connectivity index (χ3v) is 4.20. The molecule has 0 aromatic heterocycles. The third-order valence-electron chi connectivity index (χ3n) is 4.20. The Morgan fingerprint density at radius 2 is 2.04 bits per heavy atom. The Labute approximate surface area is 141 Å².